The Morgan fingerprint density at radius 3 is 2.48 bits per heavy atom. The fourth-order valence-electron chi connectivity index (χ4n) is 1.81. The average Bonchev–Trinajstić information content (AvgIpc) is 3.03. The summed E-state index contributed by atoms with van der Waals surface area (Å²) in [4.78, 5) is 12.8. The fraction of sp³-hybridized carbons (Fsp3) is 0.267. The number of amides is 2. The molecule has 2 aromatic rings. The molecule has 2 rings (SSSR count). The third kappa shape index (κ3) is 5.66. The van der Waals surface area contributed by atoms with Gasteiger partial charge < -0.3 is 10.6 Å². The zero-order chi connectivity index (χ0) is 16.7. The van der Waals surface area contributed by atoms with Gasteiger partial charge in [0.25, 0.3) is 0 Å². The molecule has 0 aliphatic rings. The van der Waals surface area contributed by atoms with Gasteiger partial charge in [0.15, 0.2) is 0 Å². The Balaban J connectivity index is 1.70. The van der Waals surface area contributed by atoms with Crippen molar-refractivity contribution in [3.05, 3.63) is 52.2 Å². The third-order valence-electron chi connectivity index (χ3n) is 3.04. The molecule has 124 valence electrons. The Morgan fingerprint density at radius 2 is 1.83 bits per heavy atom. The molecule has 1 aromatic heterocycles. The summed E-state index contributed by atoms with van der Waals surface area (Å²) >= 11 is 1.56. The van der Waals surface area contributed by atoms with E-state index in [2.05, 4.69) is 15.4 Å². The van der Waals surface area contributed by atoms with E-state index in [9.17, 15) is 13.2 Å². The summed E-state index contributed by atoms with van der Waals surface area (Å²) in [7, 11) is -3.54. The van der Waals surface area contributed by atoms with Crippen LogP contribution in [-0.2, 0) is 16.6 Å². The fourth-order valence-corrected chi connectivity index (χ4v) is 3.48. The highest BCUT2D eigenvalue weighted by atomic mass is 32.2. The molecule has 0 aliphatic heterocycles. The Labute approximate surface area is 140 Å². The highest BCUT2D eigenvalue weighted by molar-refractivity contribution is 7.89. The molecule has 3 N–H and O–H groups in total. The second kappa shape index (κ2) is 8.09. The molecular formula is C15H19N3O3S2. The first-order valence-electron chi connectivity index (χ1n) is 7.08. The molecule has 6 nitrogen and oxygen atoms in total. The highest BCUT2D eigenvalue weighted by Crippen LogP contribution is 2.09. The monoisotopic (exact) mass is 353 g/mol. The van der Waals surface area contributed by atoms with Crippen molar-refractivity contribution in [2.45, 2.75) is 18.4 Å². The number of hydrogen-bond donors (Lipinski definition) is 3. The lowest BCUT2D eigenvalue weighted by Gasteiger charge is -2.09. The van der Waals surface area contributed by atoms with Gasteiger partial charge in [-0.1, -0.05) is 23.8 Å². The molecule has 0 atom stereocenters. The van der Waals surface area contributed by atoms with E-state index in [-0.39, 0.29) is 24.0 Å². The van der Waals surface area contributed by atoms with Gasteiger partial charge in [-0.15, -0.1) is 11.3 Å². The van der Waals surface area contributed by atoms with Crippen molar-refractivity contribution in [3.63, 3.8) is 0 Å². The minimum atomic E-state index is -3.54. The van der Waals surface area contributed by atoms with Crippen LogP contribution in [0.3, 0.4) is 0 Å². The van der Waals surface area contributed by atoms with Crippen molar-refractivity contribution in [3.8, 4) is 0 Å². The van der Waals surface area contributed by atoms with E-state index in [1.54, 1.807) is 35.6 Å². The lowest BCUT2D eigenvalue weighted by molar-refractivity contribution is 0.240. The molecule has 8 heteroatoms. The molecule has 2 amide bonds. The van der Waals surface area contributed by atoms with Gasteiger partial charge in [-0.3, -0.25) is 0 Å². The second-order valence-electron chi connectivity index (χ2n) is 4.90. The standard InChI is InChI=1S/C15H19N3O3S2/c1-12-4-6-14(7-5-12)23(20,21)18-9-8-16-15(19)17-11-13-3-2-10-22-13/h2-7,10,18H,8-9,11H2,1H3,(H2,16,17,19). The van der Waals surface area contributed by atoms with E-state index in [1.807, 2.05) is 24.4 Å². The van der Waals surface area contributed by atoms with Gasteiger partial charge in [0.2, 0.25) is 10.0 Å². The summed E-state index contributed by atoms with van der Waals surface area (Å²) < 4.78 is 26.5. The van der Waals surface area contributed by atoms with Crippen LogP contribution in [0, 0.1) is 6.92 Å². The smallest absolute Gasteiger partial charge is 0.315 e. The van der Waals surface area contributed by atoms with Crippen molar-refractivity contribution in [2.75, 3.05) is 13.1 Å². The number of thiophene rings is 1. The Morgan fingerprint density at radius 1 is 1.09 bits per heavy atom. The molecule has 1 aromatic carbocycles. The van der Waals surface area contributed by atoms with Crippen LogP contribution >= 0.6 is 11.3 Å². The number of carbonyl (C=O) groups excluding carboxylic acids is 1. The zero-order valence-electron chi connectivity index (χ0n) is 12.7. The van der Waals surface area contributed by atoms with Crippen LogP contribution in [0.15, 0.2) is 46.7 Å². The van der Waals surface area contributed by atoms with Crippen molar-refractivity contribution < 1.29 is 13.2 Å². The van der Waals surface area contributed by atoms with Crippen LogP contribution in [0.1, 0.15) is 10.4 Å². The summed E-state index contributed by atoms with van der Waals surface area (Å²) in [6.45, 7) is 2.69. The second-order valence-corrected chi connectivity index (χ2v) is 7.70. The first-order chi connectivity index (χ1) is 11.0. The van der Waals surface area contributed by atoms with Crippen molar-refractivity contribution in [2.24, 2.45) is 0 Å². The van der Waals surface area contributed by atoms with Crippen molar-refractivity contribution in [1.29, 1.82) is 0 Å². The number of urea groups is 1. The number of hydrogen-bond acceptors (Lipinski definition) is 4. The molecule has 1 heterocycles. The predicted octanol–water partition coefficient (Wildman–Crippen LogP) is 1.83. The molecule has 0 bridgehead atoms. The number of rotatable bonds is 7. The molecular weight excluding hydrogens is 334 g/mol. The minimum absolute atomic E-state index is 0.128. The Bertz CT molecular complexity index is 726. The van der Waals surface area contributed by atoms with Gasteiger partial charge in [0, 0.05) is 18.0 Å². The van der Waals surface area contributed by atoms with Gasteiger partial charge in [-0.05, 0) is 30.5 Å². The van der Waals surface area contributed by atoms with Crippen LogP contribution in [0.2, 0.25) is 0 Å². The molecule has 0 spiro atoms. The summed E-state index contributed by atoms with van der Waals surface area (Å²) in [6.07, 6.45) is 0. The average molecular weight is 353 g/mol. The molecule has 23 heavy (non-hydrogen) atoms. The molecule has 0 saturated heterocycles. The highest BCUT2D eigenvalue weighted by Gasteiger charge is 2.12. The summed E-state index contributed by atoms with van der Waals surface area (Å²) in [5, 5.41) is 7.25. The van der Waals surface area contributed by atoms with E-state index in [1.165, 1.54) is 0 Å². The van der Waals surface area contributed by atoms with Gasteiger partial charge in [0.1, 0.15) is 0 Å². The number of nitrogens with one attached hydrogen (secondary N) is 3. The predicted molar refractivity (Wildman–Crippen MR) is 90.9 cm³/mol. The van der Waals surface area contributed by atoms with E-state index >= 15 is 0 Å². The van der Waals surface area contributed by atoms with Crippen molar-refractivity contribution in [1.82, 2.24) is 15.4 Å². The SMILES string of the molecule is Cc1ccc(S(=O)(=O)NCCNC(=O)NCc2cccs2)cc1. The van der Waals surface area contributed by atoms with E-state index in [4.69, 9.17) is 0 Å². The lowest BCUT2D eigenvalue weighted by Crippen LogP contribution is -2.39. The normalized spacial score (nSPS) is 11.2. The van der Waals surface area contributed by atoms with E-state index < -0.39 is 10.0 Å². The van der Waals surface area contributed by atoms with Crippen LogP contribution in [0.5, 0.6) is 0 Å². The Kier molecular flexibility index (Phi) is 6.14. The summed E-state index contributed by atoms with van der Waals surface area (Å²) in [6, 6.07) is 10.1. The first kappa shape index (κ1) is 17.5. The van der Waals surface area contributed by atoms with Gasteiger partial charge >= 0.3 is 6.03 Å². The minimum Gasteiger partial charge on any atom is -0.337 e. The number of carbonyl (C=O) groups is 1. The third-order valence-corrected chi connectivity index (χ3v) is 5.39. The number of aryl methyl sites for hydroxylation is 1. The van der Waals surface area contributed by atoms with Gasteiger partial charge in [-0.25, -0.2) is 17.9 Å². The summed E-state index contributed by atoms with van der Waals surface area (Å²) in [5.74, 6) is 0. The van der Waals surface area contributed by atoms with Crippen LogP contribution in [0.25, 0.3) is 0 Å². The lowest BCUT2D eigenvalue weighted by atomic mass is 10.2. The van der Waals surface area contributed by atoms with Gasteiger partial charge in [0.05, 0.1) is 11.4 Å². The van der Waals surface area contributed by atoms with Gasteiger partial charge in [-0.2, -0.15) is 0 Å². The first-order valence-corrected chi connectivity index (χ1v) is 9.44. The van der Waals surface area contributed by atoms with Crippen LogP contribution in [0.4, 0.5) is 4.79 Å². The van der Waals surface area contributed by atoms with Crippen LogP contribution < -0.4 is 15.4 Å². The topological polar surface area (TPSA) is 87.3 Å². The van der Waals surface area contributed by atoms with Crippen LogP contribution in [-0.4, -0.2) is 27.5 Å². The maximum Gasteiger partial charge on any atom is 0.315 e. The summed E-state index contributed by atoms with van der Waals surface area (Å²) in [5.41, 5.74) is 0.994. The molecule has 0 radical (unpaired) electrons. The maximum absolute atomic E-state index is 12.0. The number of benzene rings is 1. The quantitative estimate of drug-likeness (QED) is 0.664. The molecule has 0 unspecified atom stereocenters. The molecule has 0 saturated carbocycles. The number of sulfonamides is 1. The molecule has 0 fully saturated rings. The van der Waals surface area contributed by atoms with Crippen molar-refractivity contribution >= 4 is 27.4 Å². The largest absolute Gasteiger partial charge is 0.337 e. The van der Waals surface area contributed by atoms with E-state index in [0.29, 0.717) is 6.54 Å². The Hall–Kier alpha value is -1.90. The maximum atomic E-state index is 12.0. The molecule has 0 aliphatic carbocycles. The van der Waals surface area contributed by atoms with E-state index in [0.717, 1.165) is 10.4 Å². The zero-order valence-corrected chi connectivity index (χ0v) is 14.3.